The lowest BCUT2D eigenvalue weighted by Gasteiger charge is -2.35. The minimum atomic E-state index is 0.0452. The van der Waals surface area contributed by atoms with Gasteiger partial charge in [0, 0.05) is 37.8 Å². The number of piperidine rings is 1. The van der Waals surface area contributed by atoms with Gasteiger partial charge in [0.05, 0.1) is 0 Å². The predicted molar refractivity (Wildman–Crippen MR) is 80.2 cm³/mol. The van der Waals surface area contributed by atoms with E-state index in [1.165, 1.54) is 6.42 Å². The fourth-order valence-electron chi connectivity index (χ4n) is 2.36. The molecule has 0 saturated carbocycles. The van der Waals surface area contributed by atoms with E-state index in [4.69, 9.17) is 0 Å². The van der Waals surface area contributed by atoms with Crippen LogP contribution in [0.2, 0.25) is 0 Å². The molecule has 1 unspecified atom stereocenters. The summed E-state index contributed by atoms with van der Waals surface area (Å²) in [4.78, 5) is 16.3. The van der Waals surface area contributed by atoms with Crippen molar-refractivity contribution in [3.05, 3.63) is 12.2 Å². The van der Waals surface area contributed by atoms with Crippen LogP contribution < -0.4 is 5.32 Å². The molecule has 0 bridgehead atoms. The minimum Gasteiger partial charge on any atom is -0.350 e. The highest BCUT2D eigenvalue weighted by molar-refractivity contribution is 5.87. The first kappa shape index (κ1) is 16.2. The summed E-state index contributed by atoms with van der Waals surface area (Å²) in [7, 11) is 3.99. The molecule has 4 heteroatoms. The molecule has 1 aliphatic rings. The maximum atomic E-state index is 11.7. The summed E-state index contributed by atoms with van der Waals surface area (Å²) < 4.78 is 0. The molecular weight excluding hydrogens is 238 g/mol. The number of hydrogen-bond donors (Lipinski definition) is 1. The van der Waals surface area contributed by atoms with Gasteiger partial charge in [0.1, 0.15) is 0 Å². The normalized spacial score (nSPS) is 20.1. The van der Waals surface area contributed by atoms with Gasteiger partial charge in [0.15, 0.2) is 0 Å². The first-order chi connectivity index (χ1) is 9.02. The molecule has 1 atom stereocenters. The van der Waals surface area contributed by atoms with Gasteiger partial charge >= 0.3 is 0 Å². The number of likely N-dealkylation sites (tertiary alicyclic amines) is 1. The summed E-state index contributed by atoms with van der Waals surface area (Å²) in [5, 5.41) is 3.10. The fourth-order valence-corrected chi connectivity index (χ4v) is 2.36. The first-order valence-electron chi connectivity index (χ1n) is 7.38. The van der Waals surface area contributed by atoms with Crippen molar-refractivity contribution in [2.45, 2.75) is 45.2 Å². The molecule has 1 amide bonds. The third kappa shape index (κ3) is 6.21. The Hall–Kier alpha value is -0.870. The quantitative estimate of drug-likeness (QED) is 0.741. The molecule has 4 nitrogen and oxygen atoms in total. The van der Waals surface area contributed by atoms with Crippen molar-refractivity contribution in [1.29, 1.82) is 0 Å². The molecule has 1 N–H and O–H groups in total. The van der Waals surface area contributed by atoms with Crippen molar-refractivity contribution in [2.75, 3.05) is 33.7 Å². The molecule has 1 rings (SSSR count). The maximum absolute atomic E-state index is 11.7. The first-order valence-corrected chi connectivity index (χ1v) is 7.38. The summed E-state index contributed by atoms with van der Waals surface area (Å²) in [5.74, 6) is 0.0452. The number of carbonyl (C=O) groups is 1. The lowest BCUT2D eigenvalue weighted by Crippen LogP contribution is -2.46. The van der Waals surface area contributed by atoms with Crippen molar-refractivity contribution in [2.24, 2.45) is 0 Å². The number of nitrogens with zero attached hydrogens (tertiary/aromatic N) is 2. The third-order valence-corrected chi connectivity index (χ3v) is 3.83. The van der Waals surface area contributed by atoms with Crippen molar-refractivity contribution in [3.8, 4) is 0 Å². The summed E-state index contributed by atoms with van der Waals surface area (Å²) in [6, 6.07) is 1.01. The second-order valence-electron chi connectivity index (χ2n) is 5.74. The van der Waals surface area contributed by atoms with Crippen LogP contribution in [0.15, 0.2) is 12.2 Å². The largest absolute Gasteiger partial charge is 0.350 e. The highest BCUT2D eigenvalue weighted by Crippen LogP contribution is 2.14. The van der Waals surface area contributed by atoms with Gasteiger partial charge in [-0.2, -0.15) is 0 Å². The van der Waals surface area contributed by atoms with Crippen LogP contribution in [0.1, 0.15) is 33.1 Å². The second kappa shape index (κ2) is 8.33. The predicted octanol–water partition coefficient (Wildman–Crippen LogP) is 1.48. The van der Waals surface area contributed by atoms with Gasteiger partial charge in [-0.25, -0.2) is 0 Å². The summed E-state index contributed by atoms with van der Waals surface area (Å²) in [6.45, 7) is 7.51. The zero-order valence-corrected chi connectivity index (χ0v) is 12.9. The second-order valence-corrected chi connectivity index (χ2v) is 5.74. The molecule has 1 heterocycles. The Kier molecular flexibility index (Phi) is 7.10. The molecule has 0 radical (unpaired) electrons. The Morgan fingerprint density at radius 1 is 1.42 bits per heavy atom. The Bertz CT molecular complexity index is 294. The monoisotopic (exact) mass is 267 g/mol. The lowest BCUT2D eigenvalue weighted by molar-refractivity contribution is -0.117. The molecule has 0 aromatic rings. The van der Waals surface area contributed by atoms with Gasteiger partial charge in [-0.05, 0) is 40.3 Å². The molecule has 0 aliphatic carbocycles. The van der Waals surface area contributed by atoms with Crippen molar-refractivity contribution >= 4 is 5.91 Å². The SMILES string of the molecule is CCC(C)N1CCC(NC(=O)/C=C/CN(C)C)CC1. The van der Waals surface area contributed by atoms with E-state index in [2.05, 4.69) is 24.1 Å². The van der Waals surface area contributed by atoms with Gasteiger partial charge in [-0.1, -0.05) is 13.0 Å². The molecule has 1 fully saturated rings. The molecule has 1 aliphatic heterocycles. The highest BCUT2D eigenvalue weighted by Gasteiger charge is 2.22. The Morgan fingerprint density at radius 3 is 2.58 bits per heavy atom. The topological polar surface area (TPSA) is 35.6 Å². The molecule has 0 spiro atoms. The smallest absolute Gasteiger partial charge is 0.243 e. The zero-order valence-electron chi connectivity index (χ0n) is 12.9. The average Bonchev–Trinajstić information content (AvgIpc) is 2.38. The fraction of sp³-hybridized carbons (Fsp3) is 0.800. The number of amides is 1. The third-order valence-electron chi connectivity index (χ3n) is 3.83. The molecular formula is C15H29N3O. The highest BCUT2D eigenvalue weighted by atomic mass is 16.1. The number of carbonyl (C=O) groups excluding carboxylic acids is 1. The summed E-state index contributed by atoms with van der Waals surface area (Å²) in [5.41, 5.74) is 0. The number of hydrogen-bond acceptors (Lipinski definition) is 3. The zero-order chi connectivity index (χ0) is 14.3. The number of nitrogens with one attached hydrogen (secondary N) is 1. The van der Waals surface area contributed by atoms with Crippen LogP contribution >= 0.6 is 0 Å². The Balaban J connectivity index is 2.25. The van der Waals surface area contributed by atoms with Gasteiger partial charge in [0.25, 0.3) is 0 Å². The van der Waals surface area contributed by atoms with Gasteiger partial charge in [0.2, 0.25) is 5.91 Å². The molecule has 19 heavy (non-hydrogen) atoms. The van der Waals surface area contributed by atoms with E-state index in [-0.39, 0.29) is 5.91 Å². The van der Waals surface area contributed by atoms with Crippen LogP contribution in [-0.4, -0.2) is 61.5 Å². The Labute approximate surface area is 117 Å². The van der Waals surface area contributed by atoms with Crippen molar-refractivity contribution < 1.29 is 4.79 Å². The van der Waals surface area contributed by atoms with E-state index < -0.39 is 0 Å². The summed E-state index contributed by atoms with van der Waals surface area (Å²) in [6.07, 6.45) is 6.89. The van der Waals surface area contributed by atoms with Crippen molar-refractivity contribution in [3.63, 3.8) is 0 Å². The molecule has 0 aromatic carbocycles. The van der Waals surface area contributed by atoms with E-state index in [9.17, 15) is 4.79 Å². The molecule has 0 aromatic heterocycles. The van der Waals surface area contributed by atoms with Crippen molar-refractivity contribution in [1.82, 2.24) is 15.1 Å². The number of rotatable bonds is 6. The van der Waals surface area contributed by atoms with Crippen LogP contribution in [-0.2, 0) is 4.79 Å². The average molecular weight is 267 g/mol. The van der Waals surface area contributed by atoms with E-state index in [1.54, 1.807) is 6.08 Å². The summed E-state index contributed by atoms with van der Waals surface area (Å²) >= 11 is 0. The van der Waals surface area contributed by atoms with Gasteiger partial charge in [-0.3, -0.25) is 4.79 Å². The minimum absolute atomic E-state index is 0.0452. The standard InChI is InChI=1S/C15H29N3O/c1-5-13(2)18-11-8-14(9-12-18)16-15(19)7-6-10-17(3)4/h6-7,13-14H,5,8-12H2,1-4H3,(H,16,19)/b7-6+. The van der Waals surface area contributed by atoms with E-state index in [0.717, 1.165) is 32.5 Å². The Morgan fingerprint density at radius 2 is 2.05 bits per heavy atom. The molecule has 110 valence electrons. The van der Waals surface area contributed by atoms with Crippen LogP contribution in [0.25, 0.3) is 0 Å². The van der Waals surface area contributed by atoms with E-state index in [0.29, 0.717) is 12.1 Å². The van der Waals surface area contributed by atoms with E-state index in [1.807, 2.05) is 25.1 Å². The van der Waals surface area contributed by atoms with Gasteiger partial charge < -0.3 is 15.1 Å². The van der Waals surface area contributed by atoms with Crippen LogP contribution in [0.4, 0.5) is 0 Å². The van der Waals surface area contributed by atoms with E-state index >= 15 is 0 Å². The molecule has 1 saturated heterocycles. The lowest BCUT2D eigenvalue weighted by atomic mass is 10.0. The van der Waals surface area contributed by atoms with Gasteiger partial charge in [-0.15, -0.1) is 0 Å². The van der Waals surface area contributed by atoms with Crippen LogP contribution in [0, 0.1) is 0 Å². The van der Waals surface area contributed by atoms with Crippen LogP contribution in [0.3, 0.4) is 0 Å². The maximum Gasteiger partial charge on any atom is 0.243 e. The number of likely N-dealkylation sites (N-methyl/N-ethyl adjacent to an activating group) is 1. The van der Waals surface area contributed by atoms with Crippen LogP contribution in [0.5, 0.6) is 0 Å².